The summed E-state index contributed by atoms with van der Waals surface area (Å²) >= 11 is 1.56. The molecule has 1 atom stereocenters. The lowest BCUT2D eigenvalue weighted by Crippen LogP contribution is -2.28. The molecule has 1 saturated heterocycles. The number of hydrogen-bond acceptors (Lipinski definition) is 4. The van der Waals surface area contributed by atoms with E-state index in [0.29, 0.717) is 5.69 Å². The van der Waals surface area contributed by atoms with Gasteiger partial charge in [-0.3, -0.25) is 9.59 Å². The Morgan fingerprint density at radius 1 is 1.31 bits per heavy atom. The van der Waals surface area contributed by atoms with Crippen molar-refractivity contribution in [3.05, 3.63) is 53.3 Å². The van der Waals surface area contributed by atoms with Crippen molar-refractivity contribution >= 4 is 44.7 Å². The van der Waals surface area contributed by atoms with Gasteiger partial charge in [0, 0.05) is 18.7 Å². The summed E-state index contributed by atoms with van der Waals surface area (Å²) in [7, 11) is 0. The van der Waals surface area contributed by atoms with Gasteiger partial charge in [-0.2, -0.15) is 0 Å². The first kappa shape index (κ1) is 16.7. The standard InChI is InChI=1S/C19H16FN3O2S/c1-11-21-15-7-6-13(9-17(15)26-11)22-19(25)12-8-18(24)23(10-12)16-5-3-2-4-14(16)20/h2-7,9,12H,8,10H2,1H3,(H,22,25). The Hall–Kier alpha value is -2.80. The predicted molar refractivity (Wildman–Crippen MR) is 99.8 cm³/mol. The van der Waals surface area contributed by atoms with Crippen LogP contribution < -0.4 is 10.2 Å². The van der Waals surface area contributed by atoms with Crippen LogP contribution in [0, 0.1) is 18.7 Å². The lowest BCUT2D eigenvalue weighted by molar-refractivity contribution is -0.122. The van der Waals surface area contributed by atoms with E-state index in [0.717, 1.165) is 15.2 Å². The SMILES string of the molecule is Cc1nc2ccc(NC(=O)C3CC(=O)N(c4ccccc4F)C3)cc2s1. The van der Waals surface area contributed by atoms with Gasteiger partial charge in [-0.05, 0) is 37.3 Å². The Balaban J connectivity index is 1.49. The number of aryl methyl sites for hydroxylation is 1. The number of halogens is 1. The van der Waals surface area contributed by atoms with E-state index in [9.17, 15) is 14.0 Å². The molecule has 1 aliphatic rings. The molecule has 1 aromatic heterocycles. The number of benzene rings is 2. The van der Waals surface area contributed by atoms with Gasteiger partial charge >= 0.3 is 0 Å². The number of aromatic nitrogens is 1. The number of carbonyl (C=O) groups is 2. The molecule has 7 heteroatoms. The van der Waals surface area contributed by atoms with E-state index in [1.54, 1.807) is 35.6 Å². The van der Waals surface area contributed by atoms with Crippen LogP contribution in [-0.4, -0.2) is 23.3 Å². The molecule has 0 saturated carbocycles. The van der Waals surface area contributed by atoms with Crippen LogP contribution in [0.25, 0.3) is 10.2 Å². The summed E-state index contributed by atoms with van der Waals surface area (Å²) in [5.74, 6) is -1.46. The first-order chi connectivity index (χ1) is 12.5. The molecule has 0 spiro atoms. The van der Waals surface area contributed by atoms with Crippen LogP contribution in [0.2, 0.25) is 0 Å². The summed E-state index contributed by atoms with van der Waals surface area (Å²) in [6.07, 6.45) is 0.0715. The van der Waals surface area contributed by atoms with E-state index in [4.69, 9.17) is 0 Å². The van der Waals surface area contributed by atoms with Gasteiger partial charge in [-0.1, -0.05) is 12.1 Å². The molecule has 4 rings (SSSR count). The number of fused-ring (bicyclic) bond motifs is 1. The average Bonchev–Trinajstić information content (AvgIpc) is 3.17. The highest BCUT2D eigenvalue weighted by molar-refractivity contribution is 7.18. The van der Waals surface area contributed by atoms with E-state index >= 15 is 0 Å². The highest BCUT2D eigenvalue weighted by atomic mass is 32.1. The van der Waals surface area contributed by atoms with Gasteiger partial charge in [-0.15, -0.1) is 11.3 Å². The number of amides is 2. The highest BCUT2D eigenvalue weighted by Gasteiger charge is 2.36. The third-order valence-corrected chi connectivity index (χ3v) is 5.34. The topological polar surface area (TPSA) is 62.3 Å². The summed E-state index contributed by atoms with van der Waals surface area (Å²) < 4.78 is 14.9. The molecule has 1 fully saturated rings. The Kier molecular flexibility index (Phi) is 4.16. The monoisotopic (exact) mass is 369 g/mol. The minimum atomic E-state index is -0.513. The van der Waals surface area contributed by atoms with E-state index in [1.165, 1.54) is 11.0 Å². The smallest absolute Gasteiger partial charge is 0.229 e. The number of nitrogens with one attached hydrogen (secondary N) is 1. The molecule has 2 heterocycles. The van der Waals surface area contributed by atoms with Crippen molar-refractivity contribution in [1.82, 2.24) is 4.98 Å². The van der Waals surface area contributed by atoms with Gasteiger partial charge < -0.3 is 10.2 Å². The normalized spacial score (nSPS) is 17.1. The van der Waals surface area contributed by atoms with Crippen LogP contribution in [-0.2, 0) is 9.59 Å². The molecule has 132 valence electrons. The minimum absolute atomic E-state index is 0.0715. The van der Waals surface area contributed by atoms with E-state index in [-0.39, 0.29) is 30.5 Å². The largest absolute Gasteiger partial charge is 0.326 e. The van der Waals surface area contributed by atoms with Gasteiger partial charge in [0.05, 0.1) is 26.8 Å². The molecule has 0 bridgehead atoms. The average molecular weight is 369 g/mol. The van der Waals surface area contributed by atoms with Crippen molar-refractivity contribution in [3.8, 4) is 0 Å². The Labute approximate surface area is 153 Å². The molecule has 0 radical (unpaired) electrons. The van der Waals surface area contributed by atoms with Crippen LogP contribution in [0.3, 0.4) is 0 Å². The number of thiazole rings is 1. The van der Waals surface area contributed by atoms with Crippen molar-refractivity contribution < 1.29 is 14.0 Å². The van der Waals surface area contributed by atoms with Gasteiger partial charge in [0.15, 0.2) is 0 Å². The van der Waals surface area contributed by atoms with Crippen LogP contribution in [0.15, 0.2) is 42.5 Å². The zero-order valence-corrected chi connectivity index (χ0v) is 14.8. The van der Waals surface area contributed by atoms with Gasteiger partial charge in [0.25, 0.3) is 0 Å². The zero-order chi connectivity index (χ0) is 18.3. The maximum Gasteiger partial charge on any atom is 0.229 e. The molecule has 2 amide bonds. The molecule has 0 aliphatic carbocycles. The molecular weight excluding hydrogens is 353 g/mol. The lowest BCUT2D eigenvalue weighted by atomic mass is 10.1. The molecule has 3 aromatic rings. The second kappa shape index (κ2) is 6.49. The fraction of sp³-hybridized carbons (Fsp3) is 0.211. The van der Waals surface area contributed by atoms with Crippen LogP contribution in [0.1, 0.15) is 11.4 Å². The maximum absolute atomic E-state index is 13.9. The summed E-state index contributed by atoms with van der Waals surface area (Å²) in [6.45, 7) is 2.11. The van der Waals surface area contributed by atoms with Crippen molar-refractivity contribution in [2.45, 2.75) is 13.3 Å². The quantitative estimate of drug-likeness (QED) is 0.765. The zero-order valence-electron chi connectivity index (χ0n) is 14.0. The van der Waals surface area contributed by atoms with E-state index in [1.807, 2.05) is 19.1 Å². The molecule has 1 aliphatic heterocycles. The molecule has 1 N–H and O–H groups in total. The molecule has 2 aromatic carbocycles. The second-order valence-electron chi connectivity index (χ2n) is 6.26. The van der Waals surface area contributed by atoms with Crippen molar-refractivity contribution in [2.24, 2.45) is 5.92 Å². The maximum atomic E-state index is 13.9. The number of para-hydroxylation sites is 1. The Morgan fingerprint density at radius 3 is 2.92 bits per heavy atom. The fourth-order valence-corrected chi connectivity index (χ4v) is 4.01. The first-order valence-corrected chi connectivity index (χ1v) is 9.06. The summed E-state index contributed by atoms with van der Waals surface area (Å²) in [6, 6.07) is 11.6. The number of hydrogen-bond donors (Lipinski definition) is 1. The lowest BCUT2D eigenvalue weighted by Gasteiger charge is -2.17. The second-order valence-corrected chi connectivity index (χ2v) is 7.50. The van der Waals surface area contributed by atoms with Gasteiger partial charge in [0.1, 0.15) is 5.82 Å². The number of nitrogens with zero attached hydrogens (tertiary/aromatic N) is 2. The number of carbonyl (C=O) groups excluding carboxylic acids is 2. The minimum Gasteiger partial charge on any atom is -0.326 e. The summed E-state index contributed by atoms with van der Waals surface area (Å²) in [4.78, 5) is 30.5. The summed E-state index contributed by atoms with van der Waals surface area (Å²) in [5.41, 5.74) is 1.78. The molecule has 5 nitrogen and oxygen atoms in total. The van der Waals surface area contributed by atoms with Crippen LogP contribution >= 0.6 is 11.3 Å². The fourth-order valence-electron chi connectivity index (χ4n) is 3.15. The Morgan fingerprint density at radius 2 is 2.12 bits per heavy atom. The van der Waals surface area contributed by atoms with E-state index < -0.39 is 11.7 Å². The predicted octanol–water partition coefficient (Wildman–Crippen LogP) is 3.74. The third kappa shape index (κ3) is 3.06. The van der Waals surface area contributed by atoms with Crippen LogP contribution in [0.5, 0.6) is 0 Å². The first-order valence-electron chi connectivity index (χ1n) is 8.24. The summed E-state index contributed by atoms with van der Waals surface area (Å²) in [5, 5.41) is 3.82. The van der Waals surface area contributed by atoms with Gasteiger partial charge in [0.2, 0.25) is 11.8 Å². The van der Waals surface area contributed by atoms with Crippen molar-refractivity contribution in [1.29, 1.82) is 0 Å². The molecule has 26 heavy (non-hydrogen) atoms. The molecule has 1 unspecified atom stereocenters. The van der Waals surface area contributed by atoms with Crippen LogP contribution in [0.4, 0.5) is 15.8 Å². The number of rotatable bonds is 3. The Bertz CT molecular complexity index is 1020. The van der Waals surface area contributed by atoms with Crippen molar-refractivity contribution in [2.75, 3.05) is 16.8 Å². The molecular formula is C19H16FN3O2S. The number of anilines is 2. The highest BCUT2D eigenvalue weighted by Crippen LogP contribution is 2.29. The third-order valence-electron chi connectivity index (χ3n) is 4.40. The van der Waals surface area contributed by atoms with E-state index in [2.05, 4.69) is 10.3 Å². The van der Waals surface area contributed by atoms with Gasteiger partial charge in [-0.25, -0.2) is 9.37 Å². The van der Waals surface area contributed by atoms with Crippen molar-refractivity contribution in [3.63, 3.8) is 0 Å².